The molecule has 1 aliphatic heterocycles. The molecule has 2 amide bonds. The van der Waals surface area contributed by atoms with Gasteiger partial charge in [-0.3, -0.25) is 9.59 Å². The molecular weight excluding hydrogens is 426 g/mol. The molecule has 2 atom stereocenters. The topological polar surface area (TPSA) is 63.7 Å². The first-order valence-corrected chi connectivity index (χ1v) is 11.5. The van der Waals surface area contributed by atoms with Crippen molar-refractivity contribution in [3.63, 3.8) is 0 Å². The van der Waals surface area contributed by atoms with Gasteiger partial charge in [0.05, 0.1) is 0 Å². The zero-order valence-electron chi connectivity index (χ0n) is 19.7. The van der Waals surface area contributed by atoms with E-state index in [1.54, 1.807) is 45.0 Å². The molecule has 1 aliphatic rings. The minimum Gasteiger partial charge on any atom is -0.443 e. The molecule has 174 valence electrons. The summed E-state index contributed by atoms with van der Waals surface area (Å²) in [5.41, 5.74) is 2.92. The summed E-state index contributed by atoms with van der Waals surface area (Å²) in [6, 6.07) is 26.4. The Morgan fingerprint density at radius 1 is 0.853 bits per heavy atom. The predicted octanol–water partition coefficient (Wildman–Crippen LogP) is 5.93. The van der Waals surface area contributed by atoms with Crippen LogP contribution in [-0.4, -0.2) is 34.3 Å². The van der Waals surface area contributed by atoms with Gasteiger partial charge in [0, 0.05) is 11.6 Å². The van der Waals surface area contributed by atoms with E-state index in [0.29, 0.717) is 12.0 Å². The summed E-state index contributed by atoms with van der Waals surface area (Å²) >= 11 is 0. The largest absolute Gasteiger partial charge is 0.443 e. The van der Waals surface area contributed by atoms with E-state index in [-0.39, 0.29) is 12.2 Å². The molecule has 34 heavy (non-hydrogen) atoms. The van der Waals surface area contributed by atoms with Crippen LogP contribution in [-0.2, 0) is 16.0 Å². The number of amides is 2. The summed E-state index contributed by atoms with van der Waals surface area (Å²) in [6.45, 7) is 5.28. The molecule has 0 aliphatic carbocycles. The lowest BCUT2D eigenvalue weighted by Gasteiger charge is -2.27. The van der Waals surface area contributed by atoms with Crippen LogP contribution in [0.15, 0.2) is 84.9 Å². The van der Waals surface area contributed by atoms with Gasteiger partial charge in [0.1, 0.15) is 11.5 Å². The maximum Gasteiger partial charge on any atom is 0.417 e. The average molecular weight is 456 g/mol. The fraction of sp³-hybridized carbons (Fsp3) is 0.276. The number of likely N-dealkylation sites (tertiary alicyclic amines) is 1. The highest BCUT2D eigenvalue weighted by molar-refractivity contribution is 6.14. The maximum atomic E-state index is 13.3. The summed E-state index contributed by atoms with van der Waals surface area (Å²) in [4.78, 5) is 40.5. The Morgan fingerprint density at radius 2 is 1.41 bits per heavy atom. The van der Waals surface area contributed by atoms with Gasteiger partial charge in [0.2, 0.25) is 5.91 Å². The fourth-order valence-corrected chi connectivity index (χ4v) is 4.31. The molecule has 3 aromatic rings. The summed E-state index contributed by atoms with van der Waals surface area (Å²) in [5, 5.41) is 0. The van der Waals surface area contributed by atoms with Gasteiger partial charge in [-0.25, -0.2) is 9.69 Å². The van der Waals surface area contributed by atoms with Crippen molar-refractivity contribution in [3.05, 3.63) is 96.1 Å². The van der Waals surface area contributed by atoms with Gasteiger partial charge in [0.25, 0.3) is 0 Å². The van der Waals surface area contributed by atoms with E-state index in [2.05, 4.69) is 12.1 Å². The molecule has 3 aromatic carbocycles. The molecule has 0 bridgehead atoms. The molecule has 0 saturated carbocycles. The first kappa shape index (κ1) is 23.4. The Kier molecular flexibility index (Phi) is 6.64. The smallest absolute Gasteiger partial charge is 0.417 e. The van der Waals surface area contributed by atoms with Gasteiger partial charge in [-0.15, -0.1) is 0 Å². The monoisotopic (exact) mass is 455 g/mol. The normalized spacial score (nSPS) is 18.1. The van der Waals surface area contributed by atoms with Crippen LogP contribution in [0.1, 0.15) is 43.1 Å². The Balaban J connectivity index is 1.58. The minimum atomic E-state index is -0.900. The quantitative estimate of drug-likeness (QED) is 0.353. The molecule has 0 radical (unpaired) electrons. The van der Waals surface area contributed by atoms with Crippen LogP contribution in [0.3, 0.4) is 0 Å². The number of rotatable bonds is 5. The van der Waals surface area contributed by atoms with Crippen LogP contribution in [0.5, 0.6) is 0 Å². The first-order chi connectivity index (χ1) is 16.2. The van der Waals surface area contributed by atoms with E-state index in [9.17, 15) is 14.4 Å². The SMILES string of the molecule is CC(C)(C)OC(=O)N1C(=O)C(C(=O)c2ccccc2)CC1Cc1ccc(-c2ccccc2)cc1. The zero-order chi connectivity index (χ0) is 24.3. The van der Waals surface area contributed by atoms with E-state index < -0.39 is 29.6 Å². The van der Waals surface area contributed by atoms with Gasteiger partial charge < -0.3 is 4.74 Å². The first-order valence-electron chi connectivity index (χ1n) is 11.5. The second-order valence-electron chi connectivity index (χ2n) is 9.63. The lowest BCUT2D eigenvalue weighted by Crippen LogP contribution is -2.44. The van der Waals surface area contributed by atoms with Crippen LogP contribution in [0.2, 0.25) is 0 Å². The van der Waals surface area contributed by atoms with E-state index in [1.807, 2.05) is 48.5 Å². The molecule has 4 rings (SSSR count). The molecule has 1 fully saturated rings. The van der Waals surface area contributed by atoms with E-state index >= 15 is 0 Å². The number of carbonyl (C=O) groups excluding carboxylic acids is 3. The summed E-state index contributed by atoms with van der Waals surface area (Å²) in [7, 11) is 0. The Morgan fingerprint density at radius 3 is 2.00 bits per heavy atom. The number of ether oxygens (including phenoxy) is 1. The van der Waals surface area contributed by atoms with Crippen molar-refractivity contribution in [3.8, 4) is 11.1 Å². The molecule has 5 heteroatoms. The summed E-state index contributed by atoms with van der Waals surface area (Å²) in [6.07, 6.45) is 0.0250. The number of Topliss-reactive ketones (excluding diaryl/α,β-unsaturated/α-hetero) is 1. The highest BCUT2D eigenvalue weighted by atomic mass is 16.6. The number of hydrogen-bond acceptors (Lipinski definition) is 4. The summed E-state index contributed by atoms with van der Waals surface area (Å²) < 4.78 is 5.53. The van der Waals surface area contributed by atoms with Crippen molar-refractivity contribution in [1.29, 1.82) is 0 Å². The molecule has 1 saturated heterocycles. The van der Waals surface area contributed by atoms with Crippen LogP contribution >= 0.6 is 0 Å². The average Bonchev–Trinajstić information content (AvgIpc) is 3.14. The van der Waals surface area contributed by atoms with Crippen molar-refractivity contribution < 1.29 is 19.1 Å². The number of ketones is 1. The van der Waals surface area contributed by atoms with Gasteiger partial charge in [-0.05, 0) is 50.3 Å². The lowest BCUT2D eigenvalue weighted by atomic mass is 9.92. The maximum absolute atomic E-state index is 13.3. The van der Waals surface area contributed by atoms with Crippen molar-refractivity contribution in [2.24, 2.45) is 5.92 Å². The number of benzene rings is 3. The van der Waals surface area contributed by atoms with Gasteiger partial charge in [0.15, 0.2) is 5.78 Å². The lowest BCUT2D eigenvalue weighted by molar-refractivity contribution is -0.130. The van der Waals surface area contributed by atoms with E-state index in [1.165, 1.54) is 0 Å². The van der Waals surface area contributed by atoms with Crippen molar-refractivity contribution in [2.75, 3.05) is 0 Å². The molecule has 0 spiro atoms. The van der Waals surface area contributed by atoms with Crippen LogP contribution in [0, 0.1) is 5.92 Å². The standard InChI is InChI=1S/C29H29NO4/c1-29(2,3)34-28(33)30-24(19-25(27(30)32)26(31)23-12-8-5-9-13-23)18-20-14-16-22(17-15-20)21-10-6-4-7-11-21/h4-17,24-25H,18-19H2,1-3H3. The Bertz CT molecular complexity index is 1160. The van der Waals surface area contributed by atoms with E-state index in [4.69, 9.17) is 4.74 Å². The Labute approximate surface area is 200 Å². The highest BCUT2D eigenvalue weighted by Gasteiger charge is 2.47. The van der Waals surface area contributed by atoms with Gasteiger partial charge >= 0.3 is 6.09 Å². The second-order valence-corrected chi connectivity index (χ2v) is 9.63. The highest BCUT2D eigenvalue weighted by Crippen LogP contribution is 2.32. The minimum absolute atomic E-state index is 0.263. The molecule has 5 nitrogen and oxygen atoms in total. The molecular formula is C29H29NO4. The number of nitrogens with zero attached hydrogens (tertiary/aromatic N) is 1. The molecule has 0 N–H and O–H groups in total. The third-order valence-electron chi connectivity index (χ3n) is 5.91. The zero-order valence-corrected chi connectivity index (χ0v) is 19.7. The van der Waals surface area contributed by atoms with Crippen molar-refractivity contribution >= 4 is 17.8 Å². The number of hydrogen-bond donors (Lipinski definition) is 0. The van der Waals surface area contributed by atoms with Crippen LogP contribution in [0.25, 0.3) is 11.1 Å². The molecule has 0 aromatic heterocycles. The molecule has 1 heterocycles. The third-order valence-corrected chi connectivity index (χ3v) is 5.91. The second kappa shape index (κ2) is 9.64. The van der Waals surface area contributed by atoms with E-state index in [0.717, 1.165) is 21.6 Å². The summed E-state index contributed by atoms with van der Waals surface area (Å²) in [5.74, 6) is -1.65. The number of imide groups is 1. The predicted molar refractivity (Wildman–Crippen MR) is 131 cm³/mol. The van der Waals surface area contributed by atoms with Gasteiger partial charge in [-0.2, -0.15) is 0 Å². The third kappa shape index (κ3) is 5.25. The molecule has 2 unspecified atom stereocenters. The Hall–Kier alpha value is -3.73. The van der Waals surface area contributed by atoms with Crippen LogP contribution < -0.4 is 0 Å². The van der Waals surface area contributed by atoms with Crippen LogP contribution in [0.4, 0.5) is 4.79 Å². The number of carbonyl (C=O) groups is 3. The van der Waals surface area contributed by atoms with Gasteiger partial charge in [-0.1, -0.05) is 84.9 Å². The fourth-order valence-electron chi connectivity index (χ4n) is 4.31. The van der Waals surface area contributed by atoms with Crippen molar-refractivity contribution in [2.45, 2.75) is 45.3 Å². The van der Waals surface area contributed by atoms with Crippen molar-refractivity contribution in [1.82, 2.24) is 4.90 Å².